The molecule has 5 heteroatoms. The summed E-state index contributed by atoms with van der Waals surface area (Å²) in [6.07, 6.45) is 0.740. The van der Waals surface area contributed by atoms with Gasteiger partial charge in [0, 0.05) is 24.0 Å². The average Bonchev–Trinajstić information content (AvgIpc) is 2.53. The first kappa shape index (κ1) is 15.0. The maximum atomic E-state index is 12.7. The van der Waals surface area contributed by atoms with Crippen molar-refractivity contribution < 1.29 is 4.79 Å². The van der Waals surface area contributed by atoms with Crippen molar-refractivity contribution in [1.29, 1.82) is 0 Å². The number of nitrogen functional groups attached to an aromatic ring is 1. The van der Waals surface area contributed by atoms with E-state index >= 15 is 0 Å². The standard InChI is InChI=1S/C16H20N4O/c1-4-13-9-12(10-15(18-13)19-17)16(21)20(3)14-8-6-5-7-11(14)2/h5-10H,4,17H2,1-3H3,(H,18,19). The Kier molecular flexibility index (Phi) is 4.55. The highest BCUT2D eigenvalue weighted by Gasteiger charge is 2.16. The molecule has 0 aliphatic rings. The predicted octanol–water partition coefficient (Wildman–Crippen LogP) is 2.51. The van der Waals surface area contributed by atoms with Gasteiger partial charge in [-0.25, -0.2) is 10.8 Å². The van der Waals surface area contributed by atoms with Gasteiger partial charge in [0.2, 0.25) is 0 Å². The van der Waals surface area contributed by atoms with Gasteiger partial charge in [0.25, 0.3) is 5.91 Å². The summed E-state index contributed by atoms with van der Waals surface area (Å²) in [4.78, 5) is 18.6. The molecule has 2 aromatic rings. The summed E-state index contributed by atoms with van der Waals surface area (Å²) in [5.41, 5.74) is 5.84. The summed E-state index contributed by atoms with van der Waals surface area (Å²) in [6.45, 7) is 3.97. The van der Waals surface area contributed by atoms with Crippen LogP contribution in [0.15, 0.2) is 36.4 Å². The molecular formula is C16H20N4O. The molecule has 0 aliphatic carbocycles. The van der Waals surface area contributed by atoms with Crippen molar-refractivity contribution in [2.45, 2.75) is 20.3 Å². The number of anilines is 2. The van der Waals surface area contributed by atoms with Crippen LogP contribution in [-0.4, -0.2) is 17.9 Å². The minimum atomic E-state index is -0.0853. The van der Waals surface area contributed by atoms with E-state index in [0.29, 0.717) is 11.4 Å². The van der Waals surface area contributed by atoms with Crippen molar-refractivity contribution in [3.05, 3.63) is 53.2 Å². The third-order valence-corrected chi connectivity index (χ3v) is 3.42. The topological polar surface area (TPSA) is 71.2 Å². The van der Waals surface area contributed by atoms with E-state index in [9.17, 15) is 4.79 Å². The molecule has 1 heterocycles. The summed E-state index contributed by atoms with van der Waals surface area (Å²) in [5, 5.41) is 0. The molecule has 1 aromatic carbocycles. The Labute approximate surface area is 124 Å². The lowest BCUT2D eigenvalue weighted by Gasteiger charge is -2.20. The van der Waals surface area contributed by atoms with Gasteiger partial charge in [-0.2, -0.15) is 0 Å². The van der Waals surface area contributed by atoms with E-state index in [1.807, 2.05) is 38.1 Å². The number of hydrogen-bond acceptors (Lipinski definition) is 4. The molecule has 3 N–H and O–H groups in total. The number of pyridine rings is 1. The SMILES string of the molecule is CCc1cc(C(=O)N(C)c2ccccc2C)cc(NN)n1. The third kappa shape index (κ3) is 3.20. The van der Waals surface area contributed by atoms with Gasteiger partial charge in [-0.15, -0.1) is 0 Å². The van der Waals surface area contributed by atoms with Crippen molar-refractivity contribution >= 4 is 17.4 Å². The Morgan fingerprint density at radius 2 is 2.05 bits per heavy atom. The zero-order valence-electron chi connectivity index (χ0n) is 12.6. The molecule has 0 aliphatic heterocycles. The Balaban J connectivity index is 2.37. The van der Waals surface area contributed by atoms with Gasteiger partial charge in [0.1, 0.15) is 5.82 Å². The van der Waals surface area contributed by atoms with Gasteiger partial charge >= 0.3 is 0 Å². The molecule has 0 radical (unpaired) electrons. The average molecular weight is 284 g/mol. The highest BCUT2D eigenvalue weighted by atomic mass is 16.2. The van der Waals surface area contributed by atoms with E-state index in [4.69, 9.17) is 5.84 Å². The lowest BCUT2D eigenvalue weighted by Crippen LogP contribution is -2.27. The van der Waals surface area contributed by atoms with Crippen LogP contribution in [0.4, 0.5) is 11.5 Å². The second-order valence-corrected chi connectivity index (χ2v) is 4.88. The maximum absolute atomic E-state index is 12.7. The number of hydrogen-bond donors (Lipinski definition) is 2. The number of aromatic nitrogens is 1. The smallest absolute Gasteiger partial charge is 0.258 e. The van der Waals surface area contributed by atoms with Gasteiger partial charge in [0.05, 0.1) is 0 Å². The molecule has 5 nitrogen and oxygen atoms in total. The van der Waals surface area contributed by atoms with Crippen molar-refractivity contribution in [1.82, 2.24) is 4.98 Å². The summed E-state index contributed by atoms with van der Waals surface area (Å²) >= 11 is 0. The van der Waals surface area contributed by atoms with E-state index < -0.39 is 0 Å². The summed E-state index contributed by atoms with van der Waals surface area (Å²) in [6, 6.07) is 11.2. The number of nitrogens with one attached hydrogen (secondary N) is 1. The number of nitrogens with two attached hydrogens (primary N) is 1. The first-order valence-electron chi connectivity index (χ1n) is 6.88. The van der Waals surface area contributed by atoms with E-state index in [0.717, 1.165) is 23.4 Å². The van der Waals surface area contributed by atoms with Gasteiger partial charge in [-0.3, -0.25) is 4.79 Å². The number of rotatable bonds is 4. The molecule has 110 valence electrons. The molecule has 0 atom stereocenters. The fourth-order valence-electron chi connectivity index (χ4n) is 2.21. The predicted molar refractivity (Wildman–Crippen MR) is 85.3 cm³/mol. The second-order valence-electron chi connectivity index (χ2n) is 4.88. The second kappa shape index (κ2) is 6.37. The van der Waals surface area contributed by atoms with Gasteiger partial charge < -0.3 is 10.3 Å². The molecule has 0 saturated carbocycles. The highest BCUT2D eigenvalue weighted by Crippen LogP contribution is 2.21. The van der Waals surface area contributed by atoms with E-state index in [1.165, 1.54) is 0 Å². The molecular weight excluding hydrogens is 264 g/mol. The minimum Gasteiger partial charge on any atom is -0.311 e. The number of amides is 1. The number of carbonyl (C=O) groups excluding carboxylic acids is 1. The Hall–Kier alpha value is -2.40. The molecule has 0 saturated heterocycles. The molecule has 0 unspecified atom stereocenters. The molecule has 1 aromatic heterocycles. The van der Waals surface area contributed by atoms with Crippen LogP contribution in [0.25, 0.3) is 0 Å². The normalized spacial score (nSPS) is 10.3. The molecule has 0 fully saturated rings. The van der Waals surface area contributed by atoms with Gasteiger partial charge in [-0.05, 0) is 37.1 Å². The maximum Gasteiger partial charge on any atom is 0.258 e. The van der Waals surface area contributed by atoms with Crippen LogP contribution in [0.2, 0.25) is 0 Å². The monoisotopic (exact) mass is 284 g/mol. The molecule has 21 heavy (non-hydrogen) atoms. The summed E-state index contributed by atoms with van der Waals surface area (Å²) < 4.78 is 0. The van der Waals surface area contributed by atoms with Crippen LogP contribution >= 0.6 is 0 Å². The number of hydrazine groups is 1. The Morgan fingerprint density at radius 1 is 1.33 bits per heavy atom. The van der Waals surface area contributed by atoms with Crippen molar-refractivity contribution in [3.63, 3.8) is 0 Å². The highest BCUT2D eigenvalue weighted by molar-refractivity contribution is 6.06. The Bertz CT molecular complexity index is 632. The summed E-state index contributed by atoms with van der Waals surface area (Å²) in [5.74, 6) is 5.83. The molecule has 2 rings (SSSR count). The van der Waals surface area contributed by atoms with Crippen LogP contribution in [0.3, 0.4) is 0 Å². The summed E-state index contributed by atoms with van der Waals surface area (Å²) in [7, 11) is 1.77. The van der Waals surface area contributed by atoms with Crippen LogP contribution in [0, 0.1) is 6.92 Å². The van der Waals surface area contributed by atoms with Crippen LogP contribution in [0.1, 0.15) is 28.5 Å². The first-order valence-corrected chi connectivity index (χ1v) is 6.88. The van der Waals surface area contributed by atoms with Crippen molar-refractivity contribution in [3.8, 4) is 0 Å². The van der Waals surface area contributed by atoms with E-state index in [-0.39, 0.29) is 5.91 Å². The Morgan fingerprint density at radius 3 is 2.67 bits per heavy atom. The lowest BCUT2D eigenvalue weighted by atomic mass is 10.1. The quantitative estimate of drug-likeness (QED) is 0.668. The number of benzene rings is 1. The minimum absolute atomic E-state index is 0.0853. The fraction of sp³-hybridized carbons (Fsp3) is 0.250. The molecule has 0 spiro atoms. The lowest BCUT2D eigenvalue weighted by molar-refractivity contribution is 0.0992. The van der Waals surface area contributed by atoms with Crippen LogP contribution in [-0.2, 0) is 6.42 Å². The fourth-order valence-corrected chi connectivity index (χ4v) is 2.21. The zero-order valence-corrected chi connectivity index (χ0v) is 12.6. The first-order chi connectivity index (χ1) is 10.1. The number of para-hydroxylation sites is 1. The number of nitrogens with zero attached hydrogens (tertiary/aromatic N) is 2. The van der Waals surface area contributed by atoms with E-state index in [1.54, 1.807) is 24.1 Å². The zero-order chi connectivity index (χ0) is 15.4. The largest absolute Gasteiger partial charge is 0.311 e. The van der Waals surface area contributed by atoms with Gasteiger partial charge in [0.15, 0.2) is 0 Å². The number of aryl methyl sites for hydroxylation is 2. The number of carbonyl (C=O) groups is 1. The third-order valence-electron chi connectivity index (χ3n) is 3.42. The van der Waals surface area contributed by atoms with Crippen LogP contribution in [0.5, 0.6) is 0 Å². The van der Waals surface area contributed by atoms with Crippen molar-refractivity contribution in [2.24, 2.45) is 5.84 Å². The van der Waals surface area contributed by atoms with Crippen molar-refractivity contribution in [2.75, 3.05) is 17.4 Å². The van der Waals surface area contributed by atoms with E-state index in [2.05, 4.69) is 10.4 Å². The van der Waals surface area contributed by atoms with Gasteiger partial charge in [-0.1, -0.05) is 25.1 Å². The molecule has 1 amide bonds. The molecule has 0 bridgehead atoms. The van der Waals surface area contributed by atoms with Crippen LogP contribution < -0.4 is 16.2 Å².